The van der Waals surface area contributed by atoms with Gasteiger partial charge in [0.25, 0.3) is 0 Å². The number of benzene rings is 1. The van der Waals surface area contributed by atoms with Gasteiger partial charge >= 0.3 is 6.18 Å². The highest BCUT2D eigenvalue weighted by Gasteiger charge is 2.31. The summed E-state index contributed by atoms with van der Waals surface area (Å²) in [5, 5.41) is 0. The van der Waals surface area contributed by atoms with Crippen molar-refractivity contribution in [1.82, 2.24) is 9.97 Å². The SMILES string of the molecule is CC(C)c1nc2cc(C(F)(F)F)cc(Br)c2[nH]1. The van der Waals surface area contributed by atoms with Crippen molar-refractivity contribution in [3.8, 4) is 0 Å². The van der Waals surface area contributed by atoms with E-state index in [1.165, 1.54) is 0 Å². The molecule has 1 N–H and O–H groups in total. The molecule has 17 heavy (non-hydrogen) atoms. The van der Waals surface area contributed by atoms with Crippen molar-refractivity contribution in [1.29, 1.82) is 0 Å². The largest absolute Gasteiger partial charge is 0.416 e. The Morgan fingerprint density at radius 1 is 1.29 bits per heavy atom. The molecule has 2 nitrogen and oxygen atoms in total. The lowest BCUT2D eigenvalue weighted by atomic mass is 10.2. The van der Waals surface area contributed by atoms with Gasteiger partial charge in [0, 0.05) is 10.4 Å². The number of imidazole rings is 1. The molecule has 0 amide bonds. The third-order valence-corrected chi connectivity index (χ3v) is 3.06. The van der Waals surface area contributed by atoms with Crippen LogP contribution in [0.1, 0.15) is 31.2 Å². The molecule has 0 saturated heterocycles. The van der Waals surface area contributed by atoms with E-state index < -0.39 is 11.7 Å². The molecule has 2 rings (SSSR count). The highest BCUT2D eigenvalue weighted by atomic mass is 79.9. The van der Waals surface area contributed by atoms with Crippen molar-refractivity contribution >= 4 is 27.0 Å². The first-order chi connectivity index (χ1) is 7.79. The molecule has 0 radical (unpaired) electrons. The highest BCUT2D eigenvalue weighted by molar-refractivity contribution is 9.10. The molecule has 0 saturated carbocycles. The summed E-state index contributed by atoms with van der Waals surface area (Å²) in [6.45, 7) is 3.85. The quantitative estimate of drug-likeness (QED) is 0.827. The normalized spacial score (nSPS) is 12.6. The maximum Gasteiger partial charge on any atom is 0.416 e. The Morgan fingerprint density at radius 3 is 2.47 bits per heavy atom. The summed E-state index contributed by atoms with van der Waals surface area (Å²) in [4.78, 5) is 7.18. The predicted molar refractivity (Wildman–Crippen MR) is 62.9 cm³/mol. The number of rotatable bonds is 1. The molecule has 1 aromatic heterocycles. The number of aromatic nitrogens is 2. The van der Waals surface area contributed by atoms with Crippen LogP contribution < -0.4 is 0 Å². The molecule has 0 atom stereocenters. The predicted octanol–water partition coefficient (Wildman–Crippen LogP) is 4.47. The number of hydrogen-bond acceptors (Lipinski definition) is 1. The summed E-state index contributed by atoms with van der Waals surface area (Å²) >= 11 is 3.13. The van der Waals surface area contributed by atoms with E-state index in [2.05, 4.69) is 25.9 Å². The third-order valence-electron chi connectivity index (χ3n) is 2.44. The van der Waals surface area contributed by atoms with Gasteiger partial charge in [0.15, 0.2) is 0 Å². The summed E-state index contributed by atoms with van der Waals surface area (Å²) in [6.07, 6.45) is -4.35. The number of aromatic amines is 1. The Labute approximate surface area is 104 Å². The van der Waals surface area contributed by atoms with Gasteiger partial charge in [0.1, 0.15) is 5.82 Å². The van der Waals surface area contributed by atoms with Crippen LogP contribution in [0.4, 0.5) is 13.2 Å². The molecule has 0 bridgehead atoms. The van der Waals surface area contributed by atoms with E-state index in [1.54, 1.807) is 0 Å². The highest BCUT2D eigenvalue weighted by Crippen LogP contribution is 2.34. The number of nitrogens with one attached hydrogen (secondary N) is 1. The van der Waals surface area contributed by atoms with Crippen molar-refractivity contribution in [2.75, 3.05) is 0 Å². The van der Waals surface area contributed by atoms with Crippen LogP contribution in [0.25, 0.3) is 11.0 Å². The Bertz CT molecular complexity index is 558. The van der Waals surface area contributed by atoms with Gasteiger partial charge in [-0.1, -0.05) is 13.8 Å². The second-order valence-corrected chi connectivity index (χ2v) is 4.98. The monoisotopic (exact) mass is 306 g/mol. The van der Waals surface area contributed by atoms with Crippen LogP contribution in [0.15, 0.2) is 16.6 Å². The molecule has 0 aliphatic carbocycles. The third kappa shape index (κ3) is 2.31. The molecule has 0 aliphatic heterocycles. The van der Waals surface area contributed by atoms with Crippen molar-refractivity contribution in [2.45, 2.75) is 25.9 Å². The van der Waals surface area contributed by atoms with Crippen LogP contribution in [-0.2, 0) is 6.18 Å². The average Bonchev–Trinajstić information content (AvgIpc) is 2.60. The van der Waals surface area contributed by atoms with E-state index in [9.17, 15) is 13.2 Å². The minimum absolute atomic E-state index is 0.142. The van der Waals surface area contributed by atoms with Crippen LogP contribution in [0.5, 0.6) is 0 Å². The van der Waals surface area contributed by atoms with E-state index in [0.29, 0.717) is 21.3 Å². The van der Waals surface area contributed by atoms with Gasteiger partial charge in [-0.05, 0) is 28.1 Å². The number of H-pyrrole nitrogens is 1. The van der Waals surface area contributed by atoms with E-state index in [4.69, 9.17) is 0 Å². The van der Waals surface area contributed by atoms with E-state index >= 15 is 0 Å². The maximum absolute atomic E-state index is 12.6. The molecule has 92 valence electrons. The number of alkyl halides is 3. The molecule has 1 heterocycles. The number of hydrogen-bond donors (Lipinski definition) is 1. The van der Waals surface area contributed by atoms with E-state index in [0.717, 1.165) is 12.1 Å². The fraction of sp³-hybridized carbons (Fsp3) is 0.364. The molecular weight excluding hydrogens is 297 g/mol. The molecule has 0 fully saturated rings. The van der Waals surface area contributed by atoms with Gasteiger partial charge in [-0.2, -0.15) is 13.2 Å². The Hall–Kier alpha value is -1.04. The summed E-state index contributed by atoms with van der Waals surface area (Å²) in [6, 6.07) is 2.12. The first-order valence-corrected chi connectivity index (χ1v) is 5.84. The van der Waals surface area contributed by atoms with E-state index in [-0.39, 0.29) is 5.92 Å². The first-order valence-electron chi connectivity index (χ1n) is 5.05. The minimum Gasteiger partial charge on any atom is -0.341 e. The maximum atomic E-state index is 12.6. The lowest BCUT2D eigenvalue weighted by molar-refractivity contribution is -0.137. The second kappa shape index (κ2) is 4.01. The zero-order valence-corrected chi connectivity index (χ0v) is 10.8. The van der Waals surface area contributed by atoms with Gasteiger partial charge in [-0.25, -0.2) is 4.98 Å². The first kappa shape index (κ1) is 12.4. The molecular formula is C11H10BrF3N2. The van der Waals surface area contributed by atoms with Gasteiger partial charge in [-0.15, -0.1) is 0 Å². The van der Waals surface area contributed by atoms with Crippen molar-refractivity contribution in [3.05, 3.63) is 28.0 Å². The van der Waals surface area contributed by atoms with Crippen LogP contribution >= 0.6 is 15.9 Å². The lowest BCUT2D eigenvalue weighted by Gasteiger charge is -2.06. The Balaban J connectivity index is 2.65. The van der Waals surface area contributed by atoms with Gasteiger partial charge < -0.3 is 4.98 Å². The van der Waals surface area contributed by atoms with Gasteiger partial charge in [0.05, 0.1) is 16.6 Å². The summed E-state index contributed by atoms with van der Waals surface area (Å²) in [7, 11) is 0. The smallest absolute Gasteiger partial charge is 0.341 e. The fourth-order valence-electron chi connectivity index (χ4n) is 1.53. The average molecular weight is 307 g/mol. The number of fused-ring (bicyclic) bond motifs is 1. The number of nitrogens with zero attached hydrogens (tertiary/aromatic N) is 1. The van der Waals surface area contributed by atoms with Crippen molar-refractivity contribution in [2.24, 2.45) is 0 Å². The molecule has 6 heteroatoms. The van der Waals surface area contributed by atoms with Gasteiger partial charge in [0.2, 0.25) is 0 Å². The van der Waals surface area contributed by atoms with Gasteiger partial charge in [-0.3, -0.25) is 0 Å². The fourth-order valence-corrected chi connectivity index (χ4v) is 2.08. The lowest BCUT2D eigenvalue weighted by Crippen LogP contribution is -2.04. The summed E-state index contributed by atoms with van der Waals surface area (Å²) < 4.78 is 38.2. The molecule has 0 aliphatic rings. The topological polar surface area (TPSA) is 28.7 Å². The summed E-state index contributed by atoms with van der Waals surface area (Å²) in [5.74, 6) is 0.823. The van der Waals surface area contributed by atoms with Crippen LogP contribution in [0.3, 0.4) is 0 Å². The molecule has 1 aromatic carbocycles. The number of halogens is 4. The van der Waals surface area contributed by atoms with Crippen molar-refractivity contribution in [3.63, 3.8) is 0 Å². The minimum atomic E-state index is -4.35. The second-order valence-electron chi connectivity index (χ2n) is 4.13. The molecule has 0 unspecified atom stereocenters. The Morgan fingerprint density at radius 2 is 1.94 bits per heavy atom. The Kier molecular flexibility index (Phi) is 2.93. The van der Waals surface area contributed by atoms with Crippen molar-refractivity contribution < 1.29 is 13.2 Å². The van der Waals surface area contributed by atoms with Crippen LogP contribution in [0.2, 0.25) is 0 Å². The zero-order chi connectivity index (χ0) is 12.8. The standard InChI is InChI=1S/C11H10BrF3N2/c1-5(2)10-16-8-4-6(11(13,14)15)3-7(12)9(8)17-10/h3-5H,1-2H3,(H,16,17). The van der Waals surface area contributed by atoms with Crippen LogP contribution in [-0.4, -0.2) is 9.97 Å². The molecule has 2 aromatic rings. The molecule has 0 spiro atoms. The summed E-state index contributed by atoms with van der Waals surface area (Å²) in [5.41, 5.74) is 0.232. The zero-order valence-electron chi connectivity index (χ0n) is 9.19. The van der Waals surface area contributed by atoms with E-state index in [1.807, 2.05) is 13.8 Å². The van der Waals surface area contributed by atoms with Crippen LogP contribution in [0, 0.1) is 0 Å².